The summed E-state index contributed by atoms with van der Waals surface area (Å²) in [6.45, 7) is 2.42. The molecule has 0 fully saturated rings. The lowest BCUT2D eigenvalue weighted by atomic mass is 10.0. The van der Waals surface area contributed by atoms with E-state index in [2.05, 4.69) is 57.8 Å². The quantitative estimate of drug-likeness (QED) is 0.0153. The molecule has 0 aliphatic carbocycles. The molecule has 460 valence electrons. The molecule has 0 bridgehead atoms. The van der Waals surface area contributed by atoms with Crippen LogP contribution in [-0.4, -0.2) is 203 Å². The summed E-state index contributed by atoms with van der Waals surface area (Å²) in [6.07, 6.45) is -0.249. The third-order valence-corrected chi connectivity index (χ3v) is 11.7. The first-order valence-corrected chi connectivity index (χ1v) is 26.0. The van der Waals surface area contributed by atoms with Gasteiger partial charge in [0.15, 0.2) is 11.9 Å². The Morgan fingerprint density at radius 3 is 1.25 bits per heavy atom. The Labute approximate surface area is 467 Å². The normalized spacial score (nSPS) is 14.6. The van der Waals surface area contributed by atoms with E-state index in [1.165, 1.54) is 13.8 Å². The lowest BCUT2D eigenvalue weighted by Crippen LogP contribution is -2.61. The molecule has 10 amide bonds. The molecular weight excluding hydrogens is 1070 g/mol. The van der Waals surface area contributed by atoms with Crippen molar-refractivity contribution in [3.05, 3.63) is 0 Å². The van der Waals surface area contributed by atoms with Crippen LogP contribution in [0.4, 0.5) is 0 Å². The van der Waals surface area contributed by atoms with Crippen LogP contribution in [0.1, 0.15) is 97.8 Å². The van der Waals surface area contributed by atoms with E-state index in [9.17, 15) is 78.0 Å². The van der Waals surface area contributed by atoms with Crippen molar-refractivity contribution in [3.63, 3.8) is 0 Å². The molecule has 0 aromatic carbocycles. The summed E-state index contributed by atoms with van der Waals surface area (Å²) in [5, 5.41) is 60.2. The molecule has 0 saturated carbocycles. The summed E-state index contributed by atoms with van der Waals surface area (Å²) >= 11 is 0. The SMILES string of the molecule is CC(C)[C@H](NC(=O)[C@H](CO)NC(=O)[C@H](CC(N)=O)NC(=O)[C@@H](N)CCCCN)C(=O)N[C@@H](CCCN=C(N)N)C(=O)N[C@@H](CC(=O)O)C(=O)N[C@@H](C)C(=O)N[C@@H](CO)C(=O)N[C@@H](CCCCN)C(=O)N[C@@H](CCCN=C(N)N)C(=O)O. The highest BCUT2D eigenvalue weighted by molar-refractivity contribution is 5.99. The number of hydrogen-bond acceptors (Lipinski definition) is 19. The third kappa shape index (κ3) is 30.2. The van der Waals surface area contributed by atoms with E-state index in [4.69, 9.17) is 45.9 Å². The third-order valence-electron chi connectivity index (χ3n) is 11.7. The number of carboxylic acid groups (broad SMARTS) is 2. The fraction of sp³-hybridized carbons (Fsp3) is 0.696. The van der Waals surface area contributed by atoms with Crippen LogP contribution >= 0.6 is 0 Å². The second-order valence-electron chi connectivity index (χ2n) is 18.9. The number of guanidine groups is 2. The number of carboxylic acids is 2. The predicted octanol–water partition coefficient (Wildman–Crippen LogP) is -9.86. The van der Waals surface area contributed by atoms with Gasteiger partial charge in [0.25, 0.3) is 0 Å². The maximum Gasteiger partial charge on any atom is 0.326 e. The zero-order valence-corrected chi connectivity index (χ0v) is 45.8. The van der Waals surface area contributed by atoms with Crippen LogP contribution in [0.3, 0.4) is 0 Å². The van der Waals surface area contributed by atoms with E-state index >= 15 is 0 Å². The van der Waals surface area contributed by atoms with Crippen LogP contribution in [0.5, 0.6) is 0 Å². The molecule has 0 aliphatic heterocycles. The van der Waals surface area contributed by atoms with Crippen LogP contribution in [0.25, 0.3) is 0 Å². The number of rotatable bonds is 42. The van der Waals surface area contributed by atoms with Crippen LogP contribution in [0, 0.1) is 5.92 Å². The van der Waals surface area contributed by atoms with E-state index in [0.29, 0.717) is 25.8 Å². The predicted molar refractivity (Wildman–Crippen MR) is 289 cm³/mol. The van der Waals surface area contributed by atoms with Gasteiger partial charge in [-0.2, -0.15) is 0 Å². The van der Waals surface area contributed by atoms with Gasteiger partial charge in [-0.3, -0.25) is 62.7 Å². The van der Waals surface area contributed by atoms with E-state index < -0.39 is 163 Å². The number of aliphatic carboxylic acids is 2. The van der Waals surface area contributed by atoms with Crippen molar-refractivity contribution >= 4 is 82.9 Å². The summed E-state index contributed by atoms with van der Waals surface area (Å²) in [5.41, 5.74) is 43.7. The summed E-state index contributed by atoms with van der Waals surface area (Å²) in [7, 11) is 0. The van der Waals surface area contributed by atoms with Gasteiger partial charge in [-0.1, -0.05) is 20.3 Å². The van der Waals surface area contributed by atoms with Gasteiger partial charge in [0.1, 0.15) is 54.4 Å². The maximum absolute atomic E-state index is 13.9. The molecule has 0 unspecified atom stereocenters. The molecule has 0 aliphatic rings. The first-order chi connectivity index (χ1) is 38.0. The van der Waals surface area contributed by atoms with Crippen molar-refractivity contribution in [1.29, 1.82) is 0 Å². The Bertz CT molecular complexity index is 2180. The van der Waals surface area contributed by atoms with Crippen LogP contribution in [0.2, 0.25) is 0 Å². The molecule has 0 saturated heterocycles. The van der Waals surface area contributed by atoms with E-state index in [1.807, 2.05) is 0 Å². The molecule has 35 heteroatoms. The minimum Gasteiger partial charge on any atom is -0.481 e. The highest BCUT2D eigenvalue weighted by Gasteiger charge is 2.36. The van der Waals surface area contributed by atoms with Crippen LogP contribution in [0.15, 0.2) is 9.98 Å². The number of nitrogens with two attached hydrogens (primary N) is 8. The summed E-state index contributed by atoms with van der Waals surface area (Å²) in [5.74, 6) is -15.1. The van der Waals surface area contributed by atoms with Gasteiger partial charge in [-0.25, -0.2) is 4.79 Å². The van der Waals surface area contributed by atoms with Crippen LogP contribution < -0.4 is 93.7 Å². The largest absolute Gasteiger partial charge is 0.481 e. The molecular formula is C46H85N19O16. The topological polar surface area (TPSA) is 627 Å². The lowest BCUT2D eigenvalue weighted by molar-refractivity contribution is -0.143. The number of nitrogens with zero attached hydrogens (tertiary/aromatic N) is 2. The van der Waals surface area contributed by atoms with Gasteiger partial charge < -0.3 is 114 Å². The Morgan fingerprint density at radius 1 is 0.420 bits per heavy atom. The van der Waals surface area contributed by atoms with E-state index in [1.54, 1.807) is 0 Å². The fourth-order valence-electron chi connectivity index (χ4n) is 7.21. The molecule has 29 N–H and O–H groups in total. The number of aliphatic imine (C=N–C) groups is 2. The van der Waals surface area contributed by atoms with Crippen LogP contribution in [-0.2, 0) is 57.5 Å². The van der Waals surface area contributed by atoms with Crippen molar-refractivity contribution in [3.8, 4) is 0 Å². The average molecular weight is 1160 g/mol. The zero-order chi connectivity index (χ0) is 61.9. The van der Waals surface area contributed by atoms with Crippen molar-refractivity contribution in [2.24, 2.45) is 61.8 Å². The molecule has 10 atom stereocenters. The second kappa shape index (κ2) is 39.4. The lowest BCUT2D eigenvalue weighted by Gasteiger charge is -2.28. The van der Waals surface area contributed by atoms with Crippen molar-refractivity contribution < 1.29 is 78.0 Å². The molecule has 0 aromatic heterocycles. The Kier molecular flexibility index (Phi) is 35.5. The standard InChI is InChI=1S/C46H85N19O16/c1-22(2)34(65-42(78)31(21-67)64-40(76)28(18-32(50)68)61-36(72)24(49)10-4-6-14-47)43(79)59-26(12-8-16-55-45(51)52)38(74)62-29(19-33(69)70)39(75)57-23(3)35(71)63-30(20-66)41(77)58-25(11-5-7-15-48)37(73)60-27(44(80)81)13-9-17-56-46(53)54/h22-31,34,66-67H,4-21,47-49H2,1-3H3,(H2,50,68)(H,57,75)(H,58,77)(H,59,79)(H,60,73)(H,61,72)(H,62,74)(H,63,71)(H,64,76)(H,65,78)(H,69,70)(H,80,81)(H4,51,52,55)(H4,53,54,56)/t23-,24-,25-,26-,27-,28-,29-,30-,31-,34-/m0/s1. The van der Waals surface area contributed by atoms with Gasteiger partial charge in [-0.05, 0) is 83.7 Å². The Hall–Kier alpha value is -8.02. The van der Waals surface area contributed by atoms with Crippen molar-refractivity contribution in [1.82, 2.24) is 47.9 Å². The van der Waals surface area contributed by atoms with Gasteiger partial charge >= 0.3 is 11.9 Å². The smallest absolute Gasteiger partial charge is 0.326 e. The second-order valence-corrected chi connectivity index (χ2v) is 18.9. The van der Waals surface area contributed by atoms with Gasteiger partial charge in [0.05, 0.1) is 32.1 Å². The highest BCUT2D eigenvalue weighted by Crippen LogP contribution is 2.10. The van der Waals surface area contributed by atoms with Gasteiger partial charge in [-0.15, -0.1) is 0 Å². The minimum atomic E-state index is -1.96. The number of aliphatic hydroxyl groups excluding tert-OH is 2. The first-order valence-electron chi connectivity index (χ1n) is 26.0. The number of aliphatic hydroxyl groups is 2. The number of hydrogen-bond donors (Lipinski definition) is 21. The molecule has 0 rings (SSSR count). The van der Waals surface area contributed by atoms with E-state index in [-0.39, 0.29) is 76.5 Å². The van der Waals surface area contributed by atoms with Crippen molar-refractivity contribution in [2.45, 2.75) is 158 Å². The molecule has 81 heavy (non-hydrogen) atoms. The number of nitrogens with one attached hydrogen (secondary N) is 9. The van der Waals surface area contributed by atoms with Gasteiger partial charge in [0, 0.05) is 13.1 Å². The number of primary amides is 1. The average Bonchev–Trinajstić information content (AvgIpc) is 3.39. The monoisotopic (exact) mass is 1160 g/mol. The maximum atomic E-state index is 13.9. The Morgan fingerprint density at radius 2 is 0.790 bits per heavy atom. The molecule has 0 aromatic rings. The zero-order valence-electron chi connectivity index (χ0n) is 45.8. The Balaban J connectivity index is 6.40. The molecule has 0 spiro atoms. The molecule has 0 radical (unpaired) electrons. The molecule has 35 nitrogen and oxygen atoms in total. The number of carbonyl (C=O) groups excluding carboxylic acids is 10. The first kappa shape index (κ1) is 73.0. The number of amides is 10. The summed E-state index contributed by atoms with van der Waals surface area (Å²) < 4.78 is 0. The summed E-state index contributed by atoms with van der Waals surface area (Å²) in [4.78, 5) is 164. The van der Waals surface area contributed by atoms with Crippen molar-refractivity contribution in [2.75, 3.05) is 39.4 Å². The van der Waals surface area contributed by atoms with Gasteiger partial charge in [0.2, 0.25) is 59.1 Å². The molecule has 0 heterocycles. The number of carbonyl (C=O) groups is 12. The fourth-order valence-corrected chi connectivity index (χ4v) is 7.21. The minimum absolute atomic E-state index is 0.0222. The van der Waals surface area contributed by atoms with E-state index in [0.717, 1.165) is 6.92 Å². The highest BCUT2D eigenvalue weighted by atomic mass is 16.4. The summed E-state index contributed by atoms with van der Waals surface area (Å²) in [6, 6.07) is -15.9. The number of unbranched alkanes of at least 4 members (excludes halogenated alkanes) is 2.